The van der Waals surface area contributed by atoms with Gasteiger partial charge in [0.1, 0.15) is 0 Å². The van der Waals surface area contributed by atoms with Crippen LogP contribution in [0.4, 0.5) is 5.69 Å². The zero-order valence-electron chi connectivity index (χ0n) is 13.0. The van der Waals surface area contributed by atoms with Crippen molar-refractivity contribution in [1.29, 1.82) is 5.26 Å². The summed E-state index contributed by atoms with van der Waals surface area (Å²) in [7, 11) is 0. The van der Waals surface area contributed by atoms with Gasteiger partial charge in [-0.1, -0.05) is 38.8 Å². The largest absolute Gasteiger partial charge is 0.372 e. The molecule has 0 spiro atoms. The maximum Gasteiger partial charge on any atom is 0.0944 e. The Morgan fingerprint density at radius 3 is 2.10 bits per heavy atom. The number of allylic oxidation sites excluding steroid dienone is 1. The van der Waals surface area contributed by atoms with E-state index < -0.39 is 0 Å². The fraction of sp³-hybridized carbons (Fsp3) is 0.500. The van der Waals surface area contributed by atoms with Gasteiger partial charge < -0.3 is 4.90 Å². The zero-order valence-corrected chi connectivity index (χ0v) is 13.0. The summed E-state index contributed by atoms with van der Waals surface area (Å²) in [6, 6.07) is 10.7. The minimum Gasteiger partial charge on any atom is -0.372 e. The van der Waals surface area contributed by atoms with Crippen molar-refractivity contribution in [3.63, 3.8) is 0 Å². The van der Waals surface area contributed by atoms with Gasteiger partial charge in [-0.3, -0.25) is 0 Å². The molecule has 0 heterocycles. The second-order valence-corrected chi connectivity index (χ2v) is 5.22. The lowest BCUT2D eigenvalue weighted by molar-refractivity contribution is 0.678. The van der Waals surface area contributed by atoms with Gasteiger partial charge in [0.25, 0.3) is 0 Å². The molecule has 0 saturated carbocycles. The first-order chi connectivity index (χ1) is 9.71. The Kier molecular flexibility index (Phi) is 7.50. The summed E-state index contributed by atoms with van der Waals surface area (Å²) in [4.78, 5) is 2.47. The molecule has 0 aromatic heterocycles. The summed E-state index contributed by atoms with van der Waals surface area (Å²) in [5.74, 6) is 0. The summed E-state index contributed by atoms with van der Waals surface area (Å²) >= 11 is 0. The van der Waals surface area contributed by atoms with Crippen LogP contribution in [0.15, 0.2) is 29.8 Å². The van der Waals surface area contributed by atoms with E-state index in [0.29, 0.717) is 0 Å². The van der Waals surface area contributed by atoms with Crippen LogP contribution in [-0.4, -0.2) is 13.1 Å². The van der Waals surface area contributed by atoms with Gasteiger partial charge in [0, 0.05) is 24.4 Å². The topological polar surface area (TPSA) is 27.0 Å². The molecule has 20 heavy (non-hydrogen) atoms. The van der Waals surface area contributed by atoms with Crippen molar-refractivity contribution in [2.45, 2.75) is 46.5 Å². The van der Waals surface area contributed by atoms with Crippen molar-refractivity contribution >= 4 is 11.8 Å². The molecule has 0 radical (unpaired) electrons. The molecular formula is C18H26N2. The highest BCUT2D eigenvalue weighted by molar-refractivity contribution is 5.59. The lowest BCUT2D eigenvalue weighted by Gasteiger charge is -2.24. The molecule has 108 valence electrons. The molecule has 0 bridgehead atoms. The van der Waals surface area contributed by atoms with E-state index in [2.05, 4.69) is 49.1 Å². The predicted octanol–water partition coefficient (Wildman–Crippen LogP) is 5.02. The highest BCUT2D eigenvalue weighted by Crippen LogP contribution is 2.18. The first-order valence-corrected chi connectivity index (χ1v) is 7.64. The van der Waals surface area contributed by atoms with Crippen molar-refractivity contribution in [2.24, 2.45) is 0 Å². The van der Waals surface area contributed by atoms with Crippen LogP contribution in [0.5, 0.6) is 0 Å². The van der Waals surface area contributed by atoms with Crippen LogP contribution in [0.25, 0.3) is 6.08 Å². The molecular weight excluding hydrogens is 244 g/mol. The Morgan fingerprint density at radius 1 is 1.10 bits per heavy atom. The predicted molar refractivity (Wildman–Crippen MR) is 87.7 cm³/mol. The van der Waals surface area contributed by atoms with E-state index in [4.69, 9.17) is 5.26 Å². The second kappa shape index (κ2) is 9.20. The normalized spacial score (nSPS) is 11.2. The average Bonchev–Trinajstić information content (AvgIpc) is 2.48. The molecule has 1 aromatic carbocycles. The fourth-order valence-corrected chi connectivity index (χ4v) is 2.13. The summed E-state index contributed by atoms with van der Waals surface area (Å²) in [6.07, 6.45) is 6.85. The Labute approximate surface area is 123 Å². The standard InChI is InChI=1S/C18H26N2/c1-4-6-12-20(13-7-5-2)18-10-8-17(9-11-18)14-16(3)15-19/h8-11,14H,4-7,12-13H2,1-3H3/b16-14-. The Hall–Kier alpha value is -1.75. The quantitative estimate of drug-likeness (QED) is 0.620. The molecule has 0 aliphatic rings. The van der Waals surface area contributed by atoms with Crippen molar-refractivity contribution in [3.05, 3.63) is 35.4 Å². The first kappa shape index (κ1) is 16.3. The van der Waals surface area contributed by atoms with Gasteiger partial charge in [-0.15, -0.1) is 0 Å². The molecule has 0 aliphatic carbocycles. The number of nitrogens with zero attached hydrogens (tertiary/aromatic N) is 2. The number of hydrogen-bond acceptors (Lipinski definition) is 2. The fourth-order valence-electron chi connectivity index (χ4n) is 2.13. The minimum atomic E-state index is 0.742. The second-order valence-electron chi connectivity index (χ2n) is 5.22. The van der Waals surface area contributed by atoms with E-state index in [1.165, 1.54) is 31.4 Å². The van der Waals surface area contributed by atoms with Crippen LogP contribution in [-0.2, 0) is 0 Å². The third-order valence-electron chi connectivity index (χ3n) is 3.38. The van der Waals surface area contributed by atoms with Crippen molar-refractivity contribution in [1.82, 2.24) is 0 Å². The highest BCUT2D eigenvalue weighted by Gasteiger charge is 2.05. The van der Waals surface area contributed by atoms with Crippen LogP contribution in [0, 0.1) is 11.3 Å². The molecule has 0 unspecified atom stereocenters. The molecule has 2 heteroatoms. The van der Waals surface area contributed by atoms with Gasteiger partial charge >= 0.3 is 0 Å². The molecule has 0 fully saturated rings. The smallest absolute Gasteiger partial charge is 0.0944 e. The lowest BCUT2D eigenvalue weighted by atomic mass is 10.1. The van der Waals surface area contributed by atoms with Gasteiger partial charge in [-0.25, -0.2) is 0 Å². The summed E-state index contributed by atoms with van der Waals surface area (Å²) in [6.45, 7) is 8.56. The van der Waals surface area contributed by atoms with Gasteiger partial charge in [0.2, 0.25) is 0 Å². The summed E-state index contributed by atoms with van der Waals surface area (Å²) < 4.78 is 0. The van der Waals surface area contributed by atoms with Crippen molar-refractivity contribution in [2.75, 3.05) is 18.0 Å². The summed E-state index contributed by atoms with van der Waals surface area (Å²) in [5, 5.41) is 8.81. The molecule has 0 amide bonds. The lowest BCUT2D eigenvalue weighted by Crippen LogP contribution is -2.25. The van der Waals surface area contributed by atoms with Gasteiger partial charge in [-0.05, 0) is 43.5 Å². The number of rotatable bonds is 8. The molecule has 0 atom stereocenters. The van der Waals surface area contributed by atoms with Gasteiger partial charge in [-0.2, -0.15) is 5.26 Å². The van der Waals surface area contributed by atoms with E-state index in [9.17, 15) is 0 Å². The Balaban J connectivity index is 2.78. The first-order valence-electron chi connectivity index (χ1n) is 7.64. The zero-order chi connectivity index (χ0) is 14.8. The van der Waals surface area contributed by atoms with Crippen molar-refractivity contribution < 1.29 is 0 Å². The maximum atomic E-state index is 8.81. The molecule has 0 N–H and O–H groups in total. The third kappa shape index (κ3) is 5.48. The van der Waals surface area contributed by atoms with E-state index >= 15 is 0 Å². The average molecular weight is 270 g/mol. The van der Waals surface area contributed by atoms with E-state index in [0.717, 1.165) is 24.2 Å². The molecule has 2 nitrogen and oxygen atoms in total. The van der Waals surface area contributed by atoms with Crippen LogP contribution < -0.4 is 4.90 Å². The van der Waals surface area contributed by atoms with E-state index in [1.54, 1.807) is 0 Å². The van der Waals surface area contributed by atoms with Gasteiger partial charge in [0.15, 0.2) is 0 Å². The SMILES string of the molecule is CCCCN(CCCC)c1ccc(/C=C(/C)C#N)cc1. The number of benzene rings is 1. The summed E-state index contributed by atoms with van der Waals surface area (Å²) in [5.41, 5.74) is 3.13. The molecule has 0 saturated heterocycles. The minimum absolute atomic E-state index is 0.742. The monoisotopic (exact) mass is 270 g/mol. The maximum absolute atomic E-state index is 8.81. The number of anilines is 1. The Bertz CT molecular complexity index is 443. The van der Waals surface area contributed by atoms with Crippen LogP contribution in [0.2, 0.25) is 0 Å². The van der Waals surface area contributed by atoms with Crippen molar-refractivity contribution in [3.8, 4) is 6.07 Å². The van der Waals surface area contributed by atoms with E-state index in [-0.39, 0.29) is 0 Å². The molecule has 1 rings (SSSR count). The van der Waals surface area contributed by atoms with Crippen LogP contribution >= 0.6 is 0 Å². The van der Waals surface area contributed by atoms with Gasteiger partial charge in [0.05, 0.1) is 6.07 Å². The molecule has 1 aromatic rings. The number of unbranched alkanes of at least 4 members (excludes halogenated alkanes) is 2. The van der Waals surface area contributed by atoms with Crippen LogP contribution in [0.3, 0.4) is 0 Å². The highest BCUT2D eigenvalue weighted by atomic mass is 15.1. The Morgan fingerprint density at radius 2 is 1.65 bits per heavy atom. The third-order valence-corrected chi connectivity index (χ3v) is 3.38. The number of hydrogen-bond donors (Lipinski definition) is 0. The van der Waals surface area contributed by atoms with Crippen LogP contribution in [0.1, 0.15) is 52.0 Å². The molecule has 0 aliphatic heterocycles. The van der Waals surface area contributed by atoms with E-state index in [1.807, 2.05) is 13.0 Å². The number of nitriles is 1.